The van der Waals surface area contributed by atoms with Crippen LogP contribution in [0.4, 0.5) is 4.39 Å². The lowest BCUT2D eigenvalue weighted by atomic mass is 10.1. The fourth-order valence-electron chi connectivity index (χ4n) is 2.16. The van der Waals surface area contributed by atoms with Crippen LogP contribution in [0.1, 0.15) is 18.1 Å². The number of benzene rings is 2. The van der Waals surface area contributed by atoms with Gasteiger partial charge in [0.2, 0.25) is 5.91 Å². The summed E-state index contributed by atoms with van der Waals surface area (Å²) in [6, 6.07) is 13.9. The Kier molecular flexibility index (Phi) is 5.95. The van der Waals surface area contributed by atoms with Gasteiger partial charge < -0.3 is 10.1 Å². The minimum Gasteiger partial charge on any atom is -0.494 e. The van der Waals surface area contributed by atoms with E-state index in [1.54, 1.807) is 6.07 Å². The highest BCUT2D eigenvalue weighted by atomic mass is 19.1. The monoisotopic (exact) mass is 301 g/mol. The molecule has 3 nitrogen and oxygen atoms in total. The van der Waals surface area contributed by atoms with Crippen molar-refractivity contribution in [3.8, 4) is 5.75 Å². The first-order chi connectivity index (χ1) is 10.7. The Morgan fingerprint density at radius 3 is 2.59 bits per heavy atom. The second kappa shape index (κ2) is 8.17. The summed E-state index contributed by atoms with van der Waals surface area (Å²) in [4.78, 5) is 11.9. The summed E-state index contributed by atoms with van der Waals surface area (Å²) >= 11 is 0. The van der Waals surface area contributed by atoms with Crippen LogP contribution >= 0.6 is 0 Å². The molecule has 0 aliphatic rings. The molecule has 0 fully saturated rings. The molecule has 4 heteroatoms. The van der Waals surface area contributed by atoms with Gasteiger partial charge >= 0.3 is 0 Å². The molecule has 116 valence electrons. The van der Waals surface area contributed by atoms with Gasteiger partial charge in [-0.2, -0.15) is 0 Å². The van der Waals surface area contributed by atoms with Crippen molar-refractivity contribution in [3.63, 3.8) is 0 Å². The molecule has 1 amide bonds. The van der Waals surface area contributed by atoms with Crippen LogP contribution < -0.4 is 10.1 Å². The van der Waals surface area contributed by atoms with Crippen LogP contribution in [-0.4, -0.2) is 19.1 Å². The maximum Gasteiger partial charge on any atom is 0.224 e. The van der Waals surface area contributed by atoms with E-state index in [0.717, 1.165) is 16.9 Å². The Bertz CT molecular complexity index is 611. The van der Waals surface area contributed by atoms with Gasteiger partial charge in [-0.15, -0.1) is 0 Å². The molecule has 0 aromatic heterocycles. The van der Waals surface area contributed by atoms with Crippen molar-refractivity contribution >= 4 is 5.91 Å². The summed E-state index contributed by atoms with van der Waals surface area (Å²) in [6.07, 6.45) is 0.947. The molecule has 0 aliphatic heterocycles. The summed E-state index contributed by atoms with van der Waals surface area (Å²) in [5, 5.41) is 2.85. The van der Waals surface area contributed by atoms with Crippen LogP contribution in [-0.2, 0) is 17.6 Å². The molecule has 0 radical (unpaired) electrons. The highest BCUT2D eigenvalue weighted by molar-refractivity contribution is 5.78. The minimum atomic E-state index is -0.252. The average Bonchev–Trinajstić information content (AvgIpc) is 2.50. The fourth-order valence-corrected chi connectivity index (χ4v) is 2.16. The number of ether oxygens (including phenoxy) is 1. The molecule has 0 atom stereocenters. The van der Waals surface area contributed by atoms with E-state index in [1.807, 2.05) is 37.3 Å². The molecule has 2 rings (SSSR count). The quantitative estimate of drug-likeness (QED) is 0.853. The zero-order chi connectivity index (χ0) is 15.8. The second-order valence-corrected chi connectivity index (χ2v) is 4.98. The van der Waals surface area contributed by atoms with Gasteiger partial charge in [0.15, 0.2) is 0 Å². The minimum absolute atomic E-state index is 0.0411. The summed E-state index contributed by atoms with van der Waals surface area (Å²) < 4.78 is 18.4. The Morgan fingerprint density at radius 1 is 1.14 bits per heavy atom. The van der Waals surface area contributed by atoms with Gasteiger partial charge in [0.05, 0.1) is 13.0 Å². The highest BCUT2D eigenvalue weighted by Crippen LogP contribution is 2.12. The molecule has 0 bridgehead atoms. The van der Waals surface area contributed by atoms with Crippen molar-refractivity contribution in [1.29, 1.82) is 0 Å². The van der Waals surface area contributed by atoms with Gasteiger partial charge in [0.25, 0.3) is 0 Å². The van der Waals surface area contributed by atoms with E-state index in [9.17, 15) is 9.18 Å². The normalized spacial score (nSPS) is 10.3. The fraction of sp³-hybridized carbons (Fsp3) is 0.278. The van der Waals surface area contributed by atoms with Crippen LogP contribution in [0.15, 0.2) is 48.5 Å². The molecular formula is C18H20FNO2. The van der Waals surface area contributed by atoms with E-state index in [0.29, 0.717) is 26.0 Å². The Morgan fingerprint density at radius 2 is 1.91 bits per heavy atom. The molecule has 1 N–H and O–H groups in total. The third kappa shape index (κ3) is 5.20. The smallest absolute Gasteiger partial charge is 0.224 e. The Balaban J connectivity index is 1.75. The first-order valence-electron chi connectivity index (χ1n) is 7.40. The number of hydrogen-bond donors (Lipinski definition) is 1. The summed E-state index contributed by atoms with van der Waals surface area (Å²) in [5.74, 6) is 0.511. The van der Waals surface area contributed by atoms with E-state index in [-0.39, 0.29) is 11.7 Å². The average molecular weight is 301 g/mol. The van der Waals surface area contributed by atoms with E-state index >= 15 is 0 Å². The van der Waals surface area contributed by atoms with Crippen LogP contribution in [0.3, 0.4) is 0 Å². The second-order valence-electron chi connectivity index (χ2n) is 4.98. The van der Waals surface area contributed by atoms with Gasteiger partial charge in [0, 0.05) is 6.54 Å². The predicted molar refractivity (Wildman–Crippen MR) is 84.4 cm³/mol. The molecule has 0 spiro atoms. The van der Waals surface area contributed by atoms with Gasteiger partial charge in [-0.1, -0.05) is 24.3 Å². The van der Waals surface area contributed by atoms with Crippen molar-refractivity contribution in [2.75, 3.05) is 13.2 Å². The van der Waals surface area contributed by atoms with Gasteiger partial charge in [-0.05, 0) is 48.7 Å². The van der Waals surface area contributed by atoms with E-state index in [4.69, 9.17) is 4.74 Å². The third-order valence-corrected chi connectivity index (χ3v) is 3.22. The topological polar surface area (TPSA) is 38.3 Å². The van der Waals surface area contributed by atoms with Crippen LogP contribution in [0, 0.1) is 5.82 Å². The lowest BCUT2D eigenvalue weighted by Gasteiger charge is -2.07. The molecule has 0 unspecified atom stereocenters. The van der Waals surface area contributed by atoms with Crippen LogP contribution in [0.5, 0.6) is 5.75 Å². The molecule has 22 heavy (non-hydrogen) atoms. The number of carbonyl (C=O) groups is 1. The molecule has 0 saturated carbocycles. The molecule has 2 aromatic rings. The zero-order valence-electron chi connectivity index (χ0n) is 12.6. The van der Waals surface area contributed by atoms with Gasteiger partial charge in [-0.25, -0.2) is 4.39 Å². The van der Waals surface area contributed by atoms with Crippen molar-refractivity contribution < 1.29 is 13.9 Å². The highest BCUT2D eigenvalue weighted by Gasteiger charge is 2.04. The number of amides is 1. The summed E-state index contributed by atoms with van der Waals surface area (Å²) in [7, 11) is 0. The van der Waals surface area contributed by atoms with Crippen molar-refractivity contribution in [2.45, 2.75) is 19.8 Å². The van der Waals surface area contributed by atoms with Gasteiger partial charge in [0.1, 0.15) is 11.6 Å². The summed E-state index contributed by atoms with van der Waals surface area (Å²) in [6.45, 7) is 3.05. The first kappa shape index (κ1) is 16.0. The summed E-state index contributed by atoms with van der Waals surface area (Å²) in [5.41, 5.74) is 1.81. The molecule has 0 heterocycles. The maximum absolute atomic E-state index is 13.0. The maximum atomic E-state index is 13.0. The van der Waals surface area contributed by atoms with Crippen LogP contribution in [0.25, 0.3) is 0 Å². The van der Waals surface area contributed by atoms with Crippen molar-refractivity contribution in [2.24, 2.45) is 0 Å². The molecule has 2 aromatic carbocycles. The molecular weight excluding hydrogens is 281 g/mol. The van der Waals surface area contributed by atoms with E-state index in [2.05, 4.69) is 5.32 Å². The molecule has 0 saturated heterocycles. The van der Waals surface area contributed by atoms with Gasteiger partial charge in [-0.3, -0.25) is 4.79 Å². The lowest BCUT2D eigenvalue weighted by Crippen LogP contribution is -2.27. The third-order valence-electron chi connectivity index (χ3n) is 3.22. The number of rotatable bonds is 7. The first-order valence-corrected chi connectivity index (χ1v) is 7.40. The van der Waals surface area contributed by atoms with E-state index < -0.39 is 0 Å². The van der Waals surface area contributed by atoms with Crippen molar-refractivity contribution in [1.82, 2.24) is 5.32 Å². The van der Waals surface area contributed by atoms with E-state index in [1.165, 1.54) is 12.1 Å². The standard InChI is InChI=1S/C18H20FNO2/c1-2-22-17-8-6-15(7-9-17)13-18(21)20-11-10-14-4-3-5-16(19)12-14/h3-9,12H,2,10-11,13H2,1H3,(H,20,21). The Hall–Kier alpha value is -2.36. The lowest BCUT2D eigenvalue weighted by molar-refractivity contribution is -0.120. The zero-order valence-corrected chi connectivity index (χ0v) is 12.6. The predicted octanol–water partition coefficient (Wildman–Crippen LogP) is 3.13. The SMILES string of the molecule is CCOc1ccc(CC(=O)NCCc2cccc(F)c2)cc1. The molecule has 0 aliphatic carbocycles. The van der Waals surface area contributed by atoms with Crippen molar-refractivity contribution in [3.05, 3.63) is 65.5 Å². The number of nitrogens with one attached hydrogen (secondary N) is 1. The number of halogens is 1. The number of carbonyl (C=O) groups excluding carboxylic acids is 1. The largest absolute Gasteiger partial charge is 0.494 e. The number of hydrogen-bond acceptors (Lipinski definition) is 2. The Labute approximate surface area is 130 Å². The van der Waals surface area contributed by atoms with Crippen LogP contribution in [0.2, 0.25) is 0 Å².